The van der Waals surface area contributed by atoms with Crippen LogP contribution in [0.2, 0.25) is 0 Å². The van der Waals surface area contributed by atoms with Crippen LogP contribution < -0.4 is 5.32 Å². The summed E-state index contributed by atoms with van der Waals surface area (Å²) in [6.45, 7) is 12.5. The minimum Gasteiger partial charge on any atom is -0.335 e. The van der Waals surface area contributed by atoms with E-state index in [1.165, 1.54) is 5.56 Å². The molecule has 1 aromatic carbocycles. The zero-order chi connectivity index (χ0) is 18.6. The summed E-state index contributed by atoms with van der Waals surface area (Å²) in [5.41, 5.74) is 1.74. The minimum absolute atomic E-state index is 0.0478. The Morgan fingerprint density at radius 3 is 2.04 bits per heavy atom. The molecule has 5 heteroatoms. The third kappa shape index (κ3) is 5.21. The Morgan fingerprint density at radius 1 is 1.04 bits per heavy atom. The smallest absolute Gasteiger partial charge is 0.317 e. The second-order valence-corrected chi connectivity index (χ2v) is 7.89. The minimum atomic E-state index is -0.249. The molecule has 1 aliphatic heterocycles. The van der Waals surface area contributed by atoms with Gasteiger partial charge in [0.15, 0.2) is 0 Å². The molecule has 138 valence electrons. The Kier molecular flexibility index (Phi) is 6.09. The van der Waals surface area contributed by atoms with Crippen LogP contribution in [0.15, 0.2) is 24.3 Å². The predicted octanol–water partition coefficient (Wildman–Crippen LogP) is 3.47. The van der Waals surface area contributed by atoms with Gasteiger partial charge in [-0.1, -0.05) is 26.0 Å². The first-order chi connectivity index (χ1) is 11.7. The van der Waals surface area contributed by atoms with Gasteiger partial charge in [-0.15, -0.1) is 0 Å². The van der Waals surface area contributed by atoms with E-state index in [1.807, 2.05) is 37.8 Å². The first-order valence-corrected chi connectivity index (χ1v) is 9.17. The van der Waals surface area contributed by atoms with Gasteiger partial charge in [-0.25, -0.2) is 4.79 Å². The molecule has 1 aromatic rings. The molecule has 0 aliphatic carbocycles. The lowest BCUT2D eigenvalue weighted by molar-refractivity contribution is 0.0661. The van der Waals surface area contributed by atoms with E-state index < -0.39 is 0 Å². The summed E-state index contributed by atoms with van der Waals surface area (Å²) < 4.78 is 0. The fourth-order valence-corrected chi connectivity index (χ4v) is 2.88. The van der Waals surface area contributed by atoms with Crippen molar-refractivity contribution in [1.82, 2.24) is 15.1 Å². The number of carbonyl (C=O) groups is 2. The maximum atomic E-state index is 12.7. The van der Waals surface area contributed by atoms with E-state index in [4.69, 9.17) is 0 Å². The molecule has 1 saturated heterocycles. The number of carbonyl (C=O) groups excluding carboxylic acids is 2. The molecule has 1 heterocycles. The van der Waals surface area contributed by atoms with Crippen LogP contribution >= 0.6 is 0 Å². The van der Waals surface area contributed by atoms with Gasteiger partial charge in [0.05, 0.1) is 0 Å². The highest BCUT2D eigenvalue weighted by Crippen LogP contribution is 2.19. The molecule has 0 spiro atoms. The largest absolute Gasteiger partial charge is 0.335 e. The van der Waals surface area contributed by atoms with Crippen LogP contribution in [0.1, 0.15) is 62.9 Å². The van der Waals surface area contributed by atoms with Crippen LogP contribution in [-0.4, -0.2) is 53.5 Å². The molecule has 1 atom stereocenters. The van der Waals surface area contributed by atoms with Crippen LogP contribution in [0.25, 0.3) is 0 Å². The van der Waals surface area contributed by atoms with Gasteiger partial charge in [0, 0.05) is 37.3 Å². The Bertz CT molecular complexity index is 596. The number of benzene rings is 1. The van der Waals surface area contributed by atoms with Gasteiger partial charge >= 0.3 is 6.03 Å². The molecule has 1 N–H and O–H groups in total. The van der Waals surface area contributed by atoms with Gasteiger partial charge in [0.25, 0.3) is 5.91 Å². The second kappa shape index (κ2) is 7.89. The summed E-state index contributed by atoms with van der Waals surface area (Å²) in [7, 11) is 0. The molecule has 0 saturated carbocycles. The third-order valence-corrected chi connectivity index (χ3v) is 4.68. The maximum Gasteiger partial charge on any atom is 0.317 e. The van der Waals surface area contributed by atoms with Gasteiger partial charge in [-0.3, -0.25) is 4.79 Å². The van der Waals surface area contributed by atoms with Crippen LogP contribution in [0.4, 0.5) is 4.79 Å². The molecule has 2 rings (SSSR count). The molecule has 1 fully saturated rings. The van der Waals surface area contributed by atoms with Crippen LogP contribution in [-0.2, 0) is 0 Å². The van der Waals surface area contributed by atoms with Crippen LogP contribution in [0.3, 0.4) is 0 Å². The van der Waals surface area contributed by atoms with Crippen molar-refractivity contribution in [1.29, 1.82) is 0 Å². The van der Waals surface area contributed by atoms with Gasteiger partial charge in [0.2, 0.25) is 0 Å². The van der Waals surface area contributed by atoms with E-state index in [9.17, 15) is 9.59 Å². The van der Waals surface area contributed by atoms with E-state index in [-0.39, 0.29) is 17.5 Å². The lowest BCUT2D eigenvalue weighted by atomic mass is 9.97. The summed E-state index contributed by atoms with van der Waals surface area (Å²) >= 11 is 0. The van der Waals surface area contributed by atoms with Gasteiger partial charge < -0.3 is 15.1 Å². The average Bonchev–Trinajstić information content (AvgIpc) is 2.59. The molecule has 25 heavy (non-hydrogen) atoms. The number of nitrogens with one attached hydrogen (secondary N) is 1. The Morgan fingerprint density at radius 2 is 1.56 bits per heavy atom. The van der Waals surface area contributed by atoms with Crippen molar-refractivity contribution >= 4 is 11.9 Å². The number of urea groups is 1. The Labute approximate surface area is 151 Å². The van der Waals surface area contributed by atoms with Crippen LogP contribution in [0.5, 0.6) is 0 Å². The predicted molar refractivity (Wildman–Crippen MR) is 101 cm³/mol. The second-order valence-electron chi connectivity index (χ2n) is 7.89. The normalized spacial score (nSPS) is 16.5. The molecular weight excluding hydrogens is 314 g/mol. The lowest BCUT2D eigenvalue weighted by Gasteiger charge is -2.36. The molecular formula is C20H31N3O2. The molecule has 5 nitrogen and oxygen atoms in total. The monoisotopic (exact) mass is 345 g/mol. The number of hydrogen-bond donors (Lipinski definition) is 1. The molecule has 3 amide bonds. The lowest BCUT2D eigenvalue weighted by Crippen LogP contribution is -2.56. The van der Waals surface area contributed by atoms with Crippen molar-refractivity contribution in [2.45, 2.75) is 52.5 Å². The van der Waals surface area contributed by atoms with Crippen molar-refractivity contribution in [2.24, 2.45) is 0 Å². The van der Waals surface area contributed by atoms with Crippen molar-refractivity contribution in [3.05, 3.63) is 35.4 Å². The van der Waals surface area contributed by atoms with Crippen molar-refractivity contribution < 1.29 is 9.59 Å². The fourth-order valence-electron chi connectivity index (χ4n) is 2.88. The topological polar surface area (TPSA) is 52.7 Å². The Balaban J connectivity index is 1.92. The Hall–Kier alpha value is -2.04. The average molecular weight is 345 g/mol. The van der Waals surface area contributed by atoms with E-state index in [2.05, 4.69) is 31.3 Å². The summed E-state index contributed by atoms with van der Waals surface area (Å²) in [5, 5.41) is 2.97. The molecule has 0 radical (unpaired) electrons. The molecule has 0 aromatic heterocycles. The van der Waals surface area contributed by atoms with E-state index in [0.29, 0.717) is 32.1 Å². The van der Waals surface area contributed by atoms with E-state index in [0.717, 1.165) is 12.0 Å². The van der Waals surface area contributed by atoms with Crippen LogP contribution in [0, 0.1) is 0 Å². The summed E-state index contributed by atoms with van der Waals surface area (Å²) in [4.78, 5) is 28.5. The van der Waals surface area contributed by atoms with Gasteiger partial charge in [-0.05, 0) is 50.8 Å². The number of piperazine rings is 1. The van der Waals surface area contributed by atoms with E-state index in [1.54, 1.807) is 4.90 Å². The van der Waals surface area contributed by atoms with E-state index >= 15 is 0 Å². The van der Waals surface area contributed by atoms with Crippen molar-refractivity contribution in [3.8, 4) is 0 Å². The highest BCUT2D eigenvalue weighted by molar-refractivity contribution is 5.94. The maximum absolute atomic E-state index is 12.7. The first kappa shape index (κ1) is 19.3. The zero-order valence-corrected chi connectivity index (χ0v) is 16.1. The number of hydrogen-bond acceptors (Lipinski definition) is 2. The van der Waals surface area contributed by atoms with Gasteiger partial charge in [-0.2, -0.15) is 0 Å². The van der Waals surface area contributed by atoms with Crippen molar-refractivity contribution in [2.75, 3.05) is 26.2 Å². The summed E-state index contributed by atoms with van der Waals surface area (Å²) in [6.07, 6.45) is 1.09. The first-order valence-electron chi connectivity index (χ1n) is 9.17. The standard InChI is InChI=1S/C20H31N3O2/c1-6-15(2)16-7-9-17(10-8-16)18(24)22-11-13-23(14-12-22)19(25)21-20(3,4)5/h7-10,15H,6,11-14H2,1-5H3,(H,21,25). The summed E-state index contributed by atoms with van der Waals surface area (Å²) in [6, 6.07) is 7.88. The quantitative estimate of drug-likeness (QED) is 0.912. The molecule has 1 unspecified atom stereocenters. The number of amides is 3. The number of nitrogens with zero attached hydrogens (tertiary/aromatic N) is 2. The summed E-state index contributed by atoms with van der Waals surface area (Å²) in [5.74, 6) is 0.556. The molecule has 0 bridgehead atoms. The van der Waals surface area contributed by atoms with Crippen molar-refractivity contribution in [3.63, 3.8) is 0 Å². The third-order valence-electron chi connectivity index (χ3n) is 4.68. The zero-order valence-electron chi connectivity index (χ0n) is 16.1. The SMILES string of the molecule is CCC(C)c1ccc(C(=O)N2CCN(C(=O)NC(C)(C)C)CC2)cc1. The number of rotatable bonds is 3. The highest BCUT2D eigenvalue weighted by Gasteiger charge is 2.26. The molecule has 1 aliphatic rings. The van der Waals surface area contributed by atoms with Gasteiger partial charge in [0.1, 0.15) is 0 Å². The highest BCUT2D eigenvalue weighted by atomic mass is 16.2. The fraction of sp³-hybridized carbons (Fsp3) is 0.600.